The van der Waals surface area contributed by atoms with Gasteiger partial charge in [0.15, 0.2) is 0 Å². The summed E-state index contributed by atoms with van der Waals surface area (Å²) in [6.07, 6.45) is 0. The third-order valence-corrected chi connectivity index (χ3v) is 3.68. The van der Waals surface area contributed by atoms with Crippen molar-refractivity contribution in [2.24, 2.45) is 0 Å². The van der Waals surface area contributed by atoms with E-state index in [1.807, 2.05) is 26.8 Å². The van der Waals surface area contributed by atoms with E-state index in [0.717, 1.165) is 22.1 Å². The second-order valence-electron chi connectivity index (χ2n) is 5.62. The molecular formula is C19H16O4. The topological polar surface area (TPSA) is 56.5 Å². The molecular weight excluding hydrogens is 292 g/mol. The highest BCUT2D eigenvalue weighted by atomic mass is 16.5. The zero-order valence-corrected chi connectivity index (χ0v) is 13.2. The van der Waals surface area contributed by atoms with E-state index in [9.17, 15) is 9.59 Å². The maximum Gasteiger partial charge on any atom is 0.343 e. The normalized spacial score (nSPS) is 10.7. The molecule has 4 heteroatoms. The average molecular weight is 308 g/mol. The molecule has 3 rings (SSSR count). The molecule has 2 aromatic carbocycles. The Bertz CT molecular complexity index is 967. The quantitative estimate of drug-likeness (QED) is 0.409. The van der Waals surface area contributed by atoms with E-state index in [-0.39, 0.29) is 0 Å². The number of carbonyl (C=O) groups excluding carboxylic acids is 1. The van der Waals surface area contributed by atoms with Crippen molar-refractivity contribution in [3.8, 4) is 5.75 Å². The van der Waals surface area contributed by atoms with Gasteiger partial charge in [-0.05, 0) is 50.1 Å². The van der Waals surface area contributed by atoms with Crippen LogP contribution in [0.15, 0.2) is 51.7 Å². The molecule has 0 spiro atoms. The number of benzene rings is 2. The lowest BCUT2D eigenvalue weighted by Crippen LogP contribution is -2.09. The second-order valence-corrected chi connectivity index (χ2v) is 5.62. The van der Waals surface area contributed by atoms with Crippen LogP contribution in [0, 0.1) is 20.8 Å². The van der Waals surface area contributed by atoms with Crippen molar-refractivity contribution in [3.63, 3.8) is 0 Å². The van der Waals surface area contributed by atoms with Crippen LogP contribution in [-0.2, 0) is 0 Å². The molecule has 0 aliphatic carbocycles. The van der Waals surface area contributed by atoms with Crippen molar-refractivity contribution in [1.82, 2.24) is 0 Å². The largest absolute Gasteiger partial charge is 0.423 e. The lowest BCUT2D eigenvalue weighted by atomic mass is 10.1. The zero-order chi connectivity index (χ0) is 16.6. The number of fused-ring (bicyclic) bond motifs is 1. The Morgan fingerprint density at radius 1 is 1.00 bits per heavy atom. The average Bonchev–Trinajstić information content (AvgIpc) is 2.45. The van der Waals surface area contributed by atoms with E-state index in [2.05, 4.69) is 0 Å². The van der Waals surface area contributed by atoms with E-state index in [4.69, 9.17) is 9.15 Å². The van der Waals surface area contributed by atoms with Gasteiger partial charge in [0.2, 0.25) is 0 Å². The monoisotopic (exact) mass is 308 g/mol. The van der Waals surface area contributed by atoms with Crippen molar-refractivity contribution in [1.29, 1.82) is 0 Å². The molecule has 0 amide bonds. The molecule has 0 aliphatic heterocycles. The van der Waals surface area contributed by atoms with Crippen LogP contribution in [0.1, 0.15) is 27.0 Å². The van der Waals surface area contributed by atoms with Crippen molar-refractivity contribution in [2.75, 3.05) is 0 Å². The molecule has 0 bridgehead atoms. The highest BCUT2D eigenvalue weighted by Gasteiger charge is 2.12. The summed E-state index contributed by atoms with van der Waals surface area (Å²) in [5.74, 6) is -0.0855. The van der Waals surface area contributed by atoms with E-state index >= 15 is 0 Å². The van der Waals surface area contributed by atoms with E-state index < -0.39 is 11.6 Å². The van der Waals surface area contributed by atoms with Gasteiger partial charge in [0, 0.05) is 17.5 Å². The SMILES string of the molecule is Cc1cccc(C(=O)Oc2cc(C)c3c(C)cc(=O)oc3c2)c1. The van der Waals surface area contributed by atoms with E-state index in [1.165, 1.54) is 6.07 Å². The molecule has 1 heterocycles. The minimum Gasteiger partial charge on any atom is -0.423 e. The third kappa shape index (κ3) is 3.01. The lowest BCUT2D eigenvalue weighted by Gasteiger charge is -2.09. The summed E-state index contributed by atoms with van der Waals surface area (Å²) in [5.41, 5.74) is 3.18. The summed E-state index contributed by atoms with van der Waals surface area (Å²) in [4.78, 5) is 23.8. The molecule has 0 saturated heterocycles. The lowest BCUT2D eigenvalue weighted by molar-refractivity contribution is 0.0735. The summed E-state index contributed by atoms with van der Waals surface area (Å²) in [6, 6.07) is 12.0. The minimum atomic E-state index is -0.442. The Morgan fingerprint density at radius 3 is 2.48 bits per heavy atom. The van der Waals surface area contributed by atoms with Crippen LogP contribution in [0.2, 0.25) is 0 Å². The van der Waals surface area contributed by atoms with Crippen LogP contribution in [0.4, 0.5) is 0 Å². The fourth-order valence-corrected chi connectivity index (χ4v) is 2.69. The Kier molecular flexibility index (Phi) is 3.74. The Labute approximate surface area is 133 Å². The Morgan fingerprint density at radius 2 is 1.74 bits per heavy atom. The minimum absolute atomic E-state index is 0.357. The molecule has 4 nitrogen and oxygen atoms in total. The number of hydrogen-bond donors (Lipinski definition) is 0. The zero-order valence-electron chi connectivity index (χ0n) is 13.2. The van der Waals surface area contributed by atoms with E-state index in [0.29, 0.717) is 16.9 Å². The van der Waals surface area contributed by atoms with Crippen molar-refractivity contribution < 1.29 is 13.9 Å². The summed E-state index contributed by atoms with van der Waals surface area (Å²) < 4.78 is 10.6. The standard InChI is InChI=1S/C19H16O4/c1-11-5-4-6-14(7-11)19(21)22-15-8-12(2)18-13(3)9-17(20)23-16(18)10-15/h4-10H,1-3H3. The van der Waals surface area contributed by atoms with Crippen LogP contribution in [0.25, 0.3) is 11.0 Å². The van der Waals surface area contributed by atoms with Crippen LogP contribution >= 0.6 is 0 Å². The number of ether oxygens (including phenoxy) is 1. The number of rotatable bonds is 2. The first-order valence-corrected chi connectivity index (χ1v) is 7.28. The highest BCUT2D eigenvalue weighted by Crippen LogP contribution is 2.27. The molecule has 0 saturated carbocycles. The van der Waals surface area contributed by atoms with Gasteiger partial charge in [-0.15, -0.1) is 0 Å². The molecule has 0 aliphatic rings. The van der Waals surface area contributed by atoms with Gasteiger partial charge in [0.05, 0.1) is 5.56 Å². The van der Waals surface area contributed by atoms with Gasteiger partial charge in [-0.3, -0.25) is 0 Å². The molecule has 116 valence electrons. The first-order valence-electron chi connectivity index (χ1n) is 7.28. The third-order valence-electron chi connectivity index (χ3n) is 3.68. The number of esters is 1. The summed E-state index contributed by atoms with van der Waals surface area (Å²) >= 11 is 0. The van der Waals surface area contributed by atoms with Gasteiger partial charge in [-0.25, -0.2) is 9.59 Å². The maximum absolute atomic E-state index is 12.2. The van der Waals surface area contributed by atoms with E-state index in [1.54, 1.807) is 30.3 Å². The molecule has 0 atom stereocenters. The first kappa shape index (κ1) is 15.0. The predicted molar refractivity (Wildman–Crippen MR) is 88.1 cm³/mol. The van der Waals surface area contributed by atoms with Gasteiger partial charge in [-0.2, -0.15) is 0 Å². The predicted octanol–water partition coefficient (Wildman–Crippen LogP) is 3.94. The van der Waals surface area contributed by atoms with Crippen LogP contribution in [0.3, 0.4) is 0 Å². The Hall–Kier alpha value is -2.88. The summed E-state index contributed by atoms with van der Waals surface area (Å²) in [6.45, 7) is 5.65. The summed E-state index contributed by atoms with van der Waals surface area (Å²) in [5, 5.41) is 0.861. The molecule has 23 heavy (non-hydrogen) atoms. The highest BCUT2D eigenvalue weighted by molar-refractivity contribution is 5.92. The van der Waals surface area contributed by atoms with Crippen LogP contribution in [0.5, 0.6) is 5.75 Å². The molecule has 3 aromatic rings. The van der Waals surface area contributed by atoms with Crippen molar-refractivity contribution >= 4 is 16.9 Å². The molecule has 0 fully saturated rings. The van der Waals surface area contributed by atoms with Crippen LogP contribution in [-0.4, -0.2) is 5.97 Å². The van der Waals surface area contributed by atoms with Gasteiger partial charge < -0.3 is 9.15 Å². The molecule has 0 unspecified atom stereocenters. The fraction of sp³-hybridized carbons (Fsp3) is 0.158. The second kappa shape index (κ2) is 5.72. The molecule has 0 radical (unpaired) electrons. The Balaban J connectivity index is 2.01. The van der Waals surface area contributed by atoms with Gasteiger partial charge in [0.25, 0.3) is 0 Å². The smallest absolute Gasteiger partial charge is 0.343 e. The first-order chi connectivity index (χ1) is 10.9. The van der Waals surface area contributed by atoms with Crippen LogP contribution < -0.4 is 10.4 Å². The maximum atomic E-state index is 12.2. The van der Waals surface area contributed by atoms with Gasteiger partial charge in [-0.1, -0.05) is 17.7 Å². The van der Waals surface area contributed by atoms with Gasteiger partial charge >= 0.3 is 11.6 Å². The number of aryl methyl sites for hydroxylation is 3. The number of hydrogen-bond acceptors (Lipinski definition) is 4. The van der Waals surface area contributed by atoms with Crippen molar-refractivity contribution in [3.05, 3.63) is 75.1 Å². The fourth-order valence-electron chi connectivity index (χ4n) is 2.69. The molecule has 0 N–H and O–H groups in total. The van der Waals surface area contributed by atoms with Crippen molar-refractivity contribution in [2.45, 2.75) is 20.8 Å². The van der Waals surface area contributed by atoms with Gasteiger partial charge in [0.1, 0.15) is 11.3 Å². The number of carbonyl (C=O) groups is 1. The molecule has 1 aromatic heterocycles. The summed E-state index contributed by atoms with van der Waals surface area (Å²) in [7, 11) is 0.